The molecule has 0 N–H and O–H groups in total. The standard InChI is InChI=1S/C40H47F2N5O5/c1-8-31-32-14-13-25(20-46(32)38(48)52-39(2,3)4)47(31)36-29-19-30(41)33(28-18-26(51-23-49-7)17-24-11-9-10-12-27(24)28)34(42)35(29)43-37(44-36)50-22-40(15-16-40)21-45(5)6/h8-12,17-19,25,31-32H,1,13-16,20-23H2,2-7H3/t25-,31?,32-/m0/s1. The van der Waals surface area contributed by atoms with Crippen LogP contribution in [0.1, 0.15) is 46.5 Å². The molecule has 10 nitrogen and oxygen atoms in total. The number of piperidine rings is 2. The number of anilines is 1. The lowest BCUT2D eigenvalue weighted by Crippen LogP contribution is -2.69. The molecule has 3 atom stereocenters. The van der Waals surface area contributed by atoms with E-state index in [0.717, 1.165) is 37.6 Å². The van der Waals surface area contributed by atoms with Gasteiger partial charge in [-0.2, -0.15) is 9.97 Å². The molecule has 276 valence electrons. The van der Waals surface area contributed by atoms with Crippen LogP contribution in [-0.2, 0) is 9.47 Å². The Morgan fingerprint density at radius 2 is 1.85 bits per heavy atom. The highest BCUT2D eigenvalue weighted by Crippen LogP contribution is 2.47. The van der Waals surface area contributed by atoms with Gasteiger partial charge < -0.3 is 33.6 Å². The zero-order valence-electron chi connectivity index (χ0n) is 30.7. The Morgan fingerprint density at radius 3 is 2.54 bits per heavy atom. The van der Waals surface area contributed by atoms with E-state index in [-0.39, 0.29) is 46.8 Å². The van der Waals surface area contributed by atoms with Crippen molar-refractivity contribution in [3.63, 3.8) is 0 Å². The molecular weight excluding hydrogens is 668 g/mol. The van der Waals surface area contributed by atoms with Crippen molar-refractivity contribution in [1.29, 1.82) is 0 Å². The number of nitrogens with zero attached hydrogens (tertiary/aromatic N) is 5. The smallest absolute Gasteiger partial charge is 0.410 e. The van der Waals surface area contributed by atoms with Crippen LogP contribution >= 0.6 is 0 Å². The molecule has 3 aliphatic heterocycles. The molecule has 2 bridgehead atoms. The minimum Gasteiger partial charge on any atom is -0.468 e. The first-order chi connectivity index (χ1) is 24.8. The minimum absolute atomic E-state index is 0.0132. The summed E-state index contributed by atoms with van der Waals surface area (Å²) >= 11 is 0. The first-order valence-electron chi connectivity index (χ1n) is 17.8. The number of methoxy groups -OCH3 is 1. The summed E-state index contributed by atoms with van der Waals surface area (Å²) < 4.78 is 56.8. The SMILES string of the molecule is C=CC1[C@@H]2CC[C@@H](CN2C(=O)OC(C)(C)C)N1c1nc(OCC2(CN(C)C)CC2)nc2c(F)c(-c3cc(OCOC)cc4ccccc34)c(F)cc12. The van der Waals surface area contributed by atoms with Crippen LogP contribution < -0.4 is 14.4 Å². The summed E-state index contributed by atoms with van der Waals surface area (Å²) in [4.78, 5) is 28.8. The van der Waals surface area contributed by atoms with Gasteiger partial charge in [0.25, 0.3) is 0 Å². The lowest BCUT2D eigenvalue weighted by atomic mass is 9.84. The van der Waals surface area contributed by atoms with Crippen molar-refractivity contribution in [2.75, 3.05) is 52.6 Å². The number of hydrogen-bond donors (Lipinski definition) is 0. The van der Waals surface area contributed by atoms with Crippen molar-refractivity contribution in [3.05, 3.63) is 66.8 Å². The molecule has 3 saturated heterocycles. The van der Waals surface area contributed by atoms with Gasteiger partial charge in [-0.1, -0.05) is 30.3 Å². The highest BCUT2D eigenvalue weighted by Gasteiger charge is 2.49. The lowest BCUT2D eigenvalue weighted by molar-refractivity contribution is -0.00435. The average molecular weight is 716 g/mol. The maximum absolute atomic E-state index is 17.2. The zero-order valence-corrected chi connectivity index (χ0v) is 30.7. The number of amides is 1. The Bertz CT molecular complexity index is 2010. The maximum Gasteiger partial charge on any atom is 0.410 e. The van der Waals surface area contributed by atoms with Gasteiger partial charge in [0.05, 0.1) is 24.3 Å². The quantitative estimate of drug-likeness (QED) is 0.115. The van der Waals surface area contributed by atoms with Crippen molar-refractivity contribution < 1.29 is 32.5 Å². The third-order valence-electron chi connectivity index (χ3n) is 10.2. The van der Waals surface area contributed by atoms with E-state index in [0.29, 0.717) is 35.7 Å². The molecule has 4 fully saturated rings. The minimum atomic E-state index is -0.834. The summed E-state index contributed by atoms with van der Waals surface area (Å²) in [6.45, 7) is 11.2. The maximum atomic E-state index is 17.2. The van der Waals surface area contributed by atoms with E-state index in [1.54, 1.807) is 17.0 Å². The molecular formula is C40H47F2N5O5. The van der Waals surface area contributed by atoms with Gasteiger partial charge in [-0.3, -0.25) is 0 Å². The molecule has 4 aliphatic rings. The van der Waals surface area contributed by atoms with E-state index >= 15 is 8.78 Å². The summed E-state index contributed by atoms with van der Waals surface area (Å²) in [5.74, 6) is -0.856. The summed E-state index contributed by atoms with van der Waals surface area (Å²) in [5.41, 5.74) is -0.678. The van der Waals surface area contributed by atoms with Crippen molar-refractivity contribution in [2.24, 2.45) is 5.41 Å². The van der Waals surface area contributed by atoms with Gasteiger partial charge in [0.1, 0.15) is 28.5 Å². The third kappa shape index (κ3) is 6.86. The number of ether oxygens (including phenoxy) is 4. The molecule has 1 unspecified atom stereocenters. The van der Waals surface area contributed by atoms with E-state index in [2.05, 4.69) is 16.5 Å². The Kier molecular flexibility index (Phi) is 9.50. The molecule has 52 heavy (non-hydrogen) atoms. The van der Waals surface area contributed by atoms with Gasteiger partial charge in [0, 0.05) is 37.0 Å². The largest absolute Gasteiger partial charge is 0.468 e. The van der Waals surface area contributed by atoms with Gasteiger partial charge in [0.2, 0.25) is 0 Å². The van der Waals surface area contributed by atoms with Crippen molar-refractivity contribution in [2.45, 2.75) is 70.2 Å². The van der Waals surface area contributed by atoms with Crippen LogP contribution in [0.4, 0.5) is 19.4 Å². The Morgan fingerprint density at radius 1 is 1.08 bits per heavy atom. The average Bonchev–Trinajstić information content (AvgIpc) is 3.87. The van der Waals surface area contributed by atoms with Crippen LogP contribution in [0.2, 0.25) is 0 Å². The fraction of sp³-hybridized carbons (Fsp3) is 0.475. The van der Waals surface area contributed by atoms with Gasteiger partial charge in [-0.05, 0) is 95.1 Å². The number of carbonyl (C=O) groups is 1. The fourth-order valence-corrected chi connectivity index (χ4v) is 7.88. The predicted octanol–water partition coefficient (Wildman–Crippen LogP) is 7.57. The third-order valence-corrected chi connectivity index (χ3v) is 10.2. The first-order valence-corrected chi connectivity index (χ1v) is 17.8. The van der Waals surface area contributed by atoms with Crippen LogP contribution in [-0.4, -0.2) is 97.3 Å². The summed E-state index contributed by atoms with van der Waals surface area (Å²) in [6, 6.07) is 11.2. The molecule has 4 aromatic rings. The molecule has 4 heterocycles. The fourth-order valence-electron chi connectivity index (χ4n) is 7.88. The molecule has 3 aromatic carbocycles. The number of piperazine rings is 1. The molecule has 1 aliphatic carbocycles. The first kappa shape index (κ1) is 35.8. The van der Waals surface area contributed by atoms with Crippen LogP contribution in [0.3, 0.4) is 0 Å². The molecule has 0 radical (unpaired) electrons. The highest BCUT2D eigenvalue weighted by molar-refractivity contribution is 6.01. The van der Waals surface area contributed by atoms with Crippen LogP contribution in [0.25, 0.3) is 32.8 Å². The van der Waals surface area contributed by atoms with Crippen molar-refractivity contribution in [1.82, 2.24) is 19.8 Å². The molecule has 8 rings (SSSR count). The van der Waals surface area contributed by atoms with Crippen molar-refractivity contribution in [3.8, 4) is 22.9 Å². The van der Waals surface area contributed by atoms with Gasteiger partial charge in [0.15, 0.2) is 12.6 Å². The van der Waals surface area contributed by atoms with E-state index in [1.807, 2.05) is 70.1 Å². The van der Waals surface area contributed by atoms with E-state index in [4.69, 9.17) is 23.9 Å². The molecule has 12 heteroatoms. The normalized spacial score (nSPS) is 20.8. The van der Waals surface area contributed by atoms with Gasteiger partial charge >= 0.3 is 12.1 Å². The lowest BCUT2D eigenvalue weighted by Gasteiger charge is -2.55. The van der Waals surface area contributed by atoms with Crippen molar-refractivity contribution >= 4 is 33.6 Å². The predicted molar refractivity (Wildman–Crippen MR) is 197 cm³/mol. The second kappa shape index (κ2) is 13.8. The van der Waals surface area contributed by atoms with E-state index in [1.165, 1.54) is 13.2 Å². The Labute approximate surface area is 303 Å². The summed E-state index contributed by atoms with van der Waals surface area (Å²) in [7, 11) is 5.56. The molecule has 0 spiro atoms. The number of benzene rings is 3. The van der Waals surface area contributed by atoms with Gasteiger partial charge in [-0.15, -0.1) is 6.58 Å². The van der Waals surface area contributed by atoms with Gasteiger partial charge in [-0.25, -0.2) is 13.6 Å². The molecule has 1 amide bonds. The summed E-state index contributed by atoms with van der Waals surface area (Å²) in [6.07, 6.45) is 4.84. The van der Waals surface area contributed by atoms with Crippen LogP contribution in [0.5, 0.6) is 11.8 Å². The van der Waals surface area contributed by atoms with Crippen LogP contribution in [0, 0.1) is 17.0 Å². The van der Waals surface area contributed by atoms with E-state index in [9.17, 15) is 4.79 Å². The number of aromatic nitrogens is 2. The summed E-state index contributed by atoms with van der Waals surface area (Å²) in [5, 5.41) is 1.61. The number of carbonyl (C=O) groups excluding carboxylic acids is 1. The monoisotopic (exact) mass is 715 g/mol. The zero-order chi connectivity index (χ0) is 36.9. The molecule has 1 saturated carbocycles. The Balaban J connectivity index is 1.37. The molecule has 1 aromatic heterocycles. The van der Waals surface area contributed by atoms with Crippen LogP contribution in [0.15, 0.2) is 55.1 Å². The number of halogens is 2. The number of rotatable bonds is 11. The number of fused-ring (bicyclic) bond motifs is 5. The topological polar surface area (TPSA) is 89.5 Å². The second-order valence-corrected chi connectivity index (χ2v) is 15.6. The number of hydrogen-bond acceptors (Lipinski definition) is 9. The second-order valence-electron chi connectivity index (χ2n) is 15.6. The highest BCUT2D eigenvalue weighted by atomic mass is 19.1. The Hall–Kier alpha value is -4.55. The van der Waals surface area contributed by atoms with E-state index < -0.39 is 29.4 Å².